The van der Waals surface area contributed by atoms with Gasteiger partial charge in [0.15, 0.2) is 0 Å². The number of hydrogen-bond acceptors (Lipinski definition) is 5. The fourth-order valence-electron chi connectivity index (χ4n) is 2.04. The Labute approximate surface area is 130 Å². The molecular weight excluding hydrogens is 342 g/mol. The number of amides is 1. The highest BCUT2D eigenvalue weighted by atomic mass is 79.9. The Morgan fingerprint density at radius 1 is 1.48 bits per heavy atom. The summed E-state index contributed by atoms with van der Waals surface area (Å²) < 4.78 is 5.77. The summed E-state index contributed by atoms with van der Waals surface area (Å²) in [5.74, 6) is -1.02. The minimum atomic E-state index is -1.10. The minimum Gasteiger partial charge on any atom is -0.478 e. The Balaban J connectivity index is 2.10. The molecule has 8 heteroatoms. The molecule has 114 valence electrons. The molecule has 1 atom stereocenters. The van der Waals surface area contributed by atoms with Crippen LogP contribution >= 0.6 is 15.9 Å². The van der Waals surface area contributed by atoms with E-state index in [2.05, 4.69) is 26.2 Å². The molecule has 1 amide bonds. The molecule has 21 heavy (non-hydrogen) atoms. The fraction of sp³-hybridized carbons (Fsp3) is 0.462. The lowest BCUT2D eigenvalue weighted by molar-refractivity contribution is -0.135. The summed E-state index contributed by atoms with van der Waals surface area (Å²) >= 11 is 3.18. The third-order valence-corrected chi connectivity index (χ3v) is 3.56. The number of carbonyl (C=O) groups is 2. The van der Waals surface area contributed by atoms with Crippen molar-refractivity contribution in [1.29, 1.82) is 0 Å². The van der Waals surface area contributed by atoms with Crippen LogP contribution in [0.4, 0.5) is 5.82 Å². The van der Waals surface area contributed by atoms with Crippen molar-refractivity contribution in [3.63, 3.8) is 0 Å². The lowest BCUT2D eigenvalue weighted by Crippen LogP contribution is -2.47. The van der Waals surface area contributed by atoms with Gasteiger partial charge in [0.25, 0.3) is 0 Å². The molecule has 0 bridgehead atoms. The van der Waals surface area contributed by atoms with Gasteiger partial charge in [-0.1, -0.05) is 0 Å². The maximum atomic E-state index is 12.3. The number of nitrogens with zero attached hydrogens (tertiary/aromatic N) is 2. The van der Waals surface area contributed by atoms with Gasteiger partial charge in [0.1, 0.15) is 17.4 Å². The van der Waals surface area contributed by atoms with Gasteiger partial charge >= 0.3 is 5.97 Å². The van der Waals surface area contributed by atoms with E-state index in [0.717, 1.165) is 0 Å². The Bertz CT molecular complexity index is 546. The molecule has 7 nitrogen and oxygen atoms in total. The zero-order valence-corrected chi connectivity index (χ0v) is 13.1. The number of halogens is 1. The molecule has 1 aliphatic heterocycles. The molecule has 2 N–H and O–H groups in total. The van der Waals surface area contributed by atoms with Crippen molar-refractivity contribution in [1.82, 2.24) is 9.88 Å². The molecule has 0 aromatic carbocycles. The van der Waals surface area contributed by atoms with Gasteiger partial charge in [0, 0.05) is 23.8 Å². The fourth-order valence-corrected chi connectivity index (χ4v) is 2.37. The summed E-state index contributed by atoms with van der Waals surface area (Å²) in [6.45, 7) is 3.83. The monoisotopic (exact) mass is 357 g/mol. The van der Waals surface area contributed by atoms with Crippen molar-refractivity contribution < 1.29 is 19.4 Å². The number of ether oxygens (including phenoxy) is 1. The van der Waals surface area contributed by atoms with Crippen molar-refractivity contribution in [3.8, 4) is 0 Å². The Morgan fingerprint density at radius 3 is 2.76 bits per heavy atom. The van der Waals surface area contributed by atoms with Gasteiger partial charge in [-0.15, -0.1) is 0 Å². The van der Waals surface area contributed by atoms with Crippen molar-refractivity contribution in [2.24, 2.45) is 0 Å². The van der Waals surface area contributed by atoms with Gasteiger partial charge in [-0.2, -0.15) is 0 Å². The van der Waals surface area contributed by atoms with E-state index in [9.17, 15) is 14.7 Å². The number of aromatic nitrogens is 1. The molecule has 0 aliphatic carbocycles. The van der Waals surface area contributed by atoms with Crippen LogP contribution in [0.5, 0.6) is 0 Å². The lowest BCUT2D eigenvalue weighted by Gasteiger charge is -2.29. The predicted molar refractivity (Wildman–Crippen MR) is 79.4 cm³/mol. The van der Waals surface area contributed by atoms with Crippen molar-refractivity contribution >= 4 is 33.6 Å². The third kappa shape index (κ3) is 3.92. The lowest BCUT2D eigenvalue weighted by atomic mass is 10.2. The summed E-state index contributed by atoms with van der Waals surface area (Å²) in [7, 11) is 0. The van der Waals surface area contributed by atoms with Crippen LogP contribution in [-0.2, 0) is 9.53 Å². The van der Waals surface area contributed by atoms with E-state index in [0.29, 0.717) is 30.8 Å². The van der Waals surface area contributed by atoms with E-state index in [1.807, 2.05) is 0 Å². The molecular formula is C13H16BrN3O4. The van der Waals surface area contributed by atoms with E-state index in [-0.39, 0.29) is 17.3 Å². The zero-order chi connectivity index (χ0) is 15.4. The van der Waals surface area contributed by atoms with E-state index in [4.69, 9.17) is 4.74 Å². The van der Waals surface area contributed by atoms with E-state index >= 15 is 0 Å². The third-order valence-electron chi connectivity index (χ3n) is 3.13. The van der Waals surface area contributed by atoms with Crippen LogP contribution in [0, 0.1) is 0 Å². The van der Waals surface area contributed by atoms with Gasteiger partial charge in [0.2, 0.25) is 5.91 Å². The van der Waals surface area contributed by atoms with E-state index in [1.54, 1.807) is 11.8 Å². The Morgan fingerprint density at radius 2 is 2.14 bits per heavy atom. The molecule has 1 saturated heterocycles. The molecule has 2 heterocycles. The molecule has 1 unspecified atom stereocenters. The number of morpholine rings is 1. The number of nitrogens with one attached hydrogen (secondary N) is 1. The summed E-state index contributed by atoms with van der Waals surface area (Å²) in [6, 6.07) is 0.888. The standard InChI is InChI=1S/C13H16BrN3O4/c1-8(12(18)17-2-4-21-5-3-17)16-11-10(13(19)20)6-9(14)7-15-11/h6-8H,2-5H2,1H3,(H,15,16)(H,19,20). The molecule has 0 spiro atoms. The van der Waals surface area contributed by atoms with Gasteiger partial charge in [0.05, 0.1) is 13.2 Å². The molecule has 1 aliphatic rings. The van der Waals surface area contributed by atoms with Crippen LogP contribution in [0.1, 0.15) is 17.3 Å². The zero-order valence-electron chi connectivity index (χ0n) is 11.5. The van der Waals surface area contributed by atoms with E-state index < -0.39 is 12.0 Å². The number of aromatic carboxylic acids is 1. The number of carbonyl (C=O) groups excluding carboxylic acids is 1. The molecule has 1 aromatic rings. The van der Waals surface area contributed by atoms with Crippen molar-refractivity contribution in [2.75, 3.05) is 31.6 Å². The highest BCUT2D eigenvalue weighted by Crippen LogP contribution is 2.19. The van der Waals surface area contributed by atoms with Crippen LogP contribution < -0.4 is 5.32 Å². The van der Waals surface area contributed by atoms with Crippen LogP contribution in [0.3, 0.4) is 0 Å². The van der Waals surface area contributed by atoms with Crippen LogP contribution in [0.2, 0.25) is 0 Å². The van der Waals surface area contributed by atoms with Crippen LogP contribution in [-0.4, -0.2) is 59.2 Å². The van der Waals surface area contributed by atoms with Gasteiger partial charge < -0.3 is 20.1 Å². The first-order valence-electron chi connectivity index (χ1n) is 6.51. The SMILES string of the molecule is CC(Nc1ncc(Br)cc1C(=O)O)C(=O)N1CCOCC1. The number of carboxylic acid groups (broad SMARTS) is 1. The average Bonchev–Trinajstić information content (AvgIpc) is 2.49. The second kappa shape index (κ2) is 6.86. The second-order valence-electron chi connectivity index (χ2n) is 4.66. The average molecular weight is 358 g/mol. The number of hydrogen-bond donors (Lipinski definition) is 2. The Hall–Kier alpha value is -1.67. The predicted octanol–water partition coefficient (Wildman–Crippen LogP) is 1.20. The normalized spacial score (nSPS) is 16.4. The van der Waals surface area contributed by atoms with Gasteiger partial charge in [-0.05, 0) is 28.9 Å². The number of anilines is 1. The molecule has 1 fully saturated rings. The minimum absolute atomic E-state index is 0.0194. The largest absolute Gasteiger partial charge is 0.478 e. The molecule has 0 saturated carbocycles. The quantitative estimate of drug-likeness (QED) is 0.841. The maximum absolute atomic E-state index is 12.3. The second-order valence-corrected chi connectivity index (χ2v) is 5.57. The molecule has 1 aromatic heterocycles. The van der Waals surface area contributed by atoms with Gasteiger partial charge in [-0.25, -0.2) is 9.78 Å². The Kier molecular flexibility index (Phi) is 5.13. The van der Waals surface area contributed by atoms with E-state index in [1.165, 1.54) is 12.3 Å². The molecule has 0 radical (unpaired) electrons. The van der Waals surface area contributed by atoms with Crippen molar-refractivity contribution in [3.05, 3.63) is 22.3 Å². The first-order chi connectivity index (χ1) is 9.99. The van der Waals surface area contributed by atoms with Crippen molar-refractivity contribution in [2.45, 2.75) is 13.0 Å². The smallest absolute Gasteiger partial charge is 0.339 e. The summed E-state index contributed by atoms with van der Waals surface area (Å²) in [6.07, 6.45) is 1.49. The van der Waals surface area contributed by atoms with Crippen LogP contribution in [0.15, 0.2) is 16.7 Å². The first-order valence-corrected chi connectivity index (χ1v) is 7.30. The number of rotatable bonds is 4. The molecule has 2 rings (SSSR count). The topological polar surface area (TPSA) is 91.8 Å². The number of pyridine rings is 1. The highest BCUT2D eigenvalue weighted by Gasteiger charge is 2.24. The number of carboxylic acids is 1. The maximum Gasteiger partial charge on any atom is 0.339 e. The van der Waals surface area contributed by atoms with Crippen LogP contribution in [0.25, 0.3) is 0 Å². The van der Waals surface area contributed by atoms with Gasteiger partial charge in [-0.3, -0.25) is 4.79 Å². The summed E-state index contributed by atoms with van der Waals surface area (Å²) in [5.41, 5.74) is 0.0194. The summed E-state index contributed by atoms with van der Waals surface area (Å²) in [5, 5.41) is 12.0. The summed E-state index contributed by atoms with van der Waals surface area (Å²) in [4.78, 5) is 29.2. The first kappa shape index (κ1) is 15.7. The highest BCUT2D eigenvalue weighted by molar-refractivity contribution is 9.10.